The van der Waals surface area contributed by atoms with Crippen molar-refractivity contribution in [1.29, 1.82) is 0 Å². The van der Waals surface area contributed by atoms with Crippen LogP contribution in [-0.2, 0) is 4.79 Å². The lowest BCUT2D eigenvalue weighted by molar-refractivity contribution is -0.127. The number of alkyl halides is 2. The molecule has 0 saturated heterocycles. The quantitative estimate of drug-likeness (QED) is 0.809. The fourth-order valence-corrected chi connectivity index (χ4v) is 1.52. The molecule has 0 saturated carbocycles. The summed E-state index contributed by atoms with van der Waals surface area (Å²) in [6.07, 6.45) is 0.228. The van der Waals surface area contributed by atoms with E-state index in [-0.39, 0.29) is 18.1 Å². The summed E-state index contributed by atoms with van der Waals surface area (Å²) < 4.78 is 28.1. The summed E-state index contributed by atoms with van der Waals surface area (Å²) in [6, 6.07) is 6.05. The molecule has 0 fully saturated rings. The summed E-state index contributed by atoms with van der Waals surface area (Å²) in [5, 5.41) is 5.30. The van der Waals surface area contributed by atoms with Crippen LogP contribution in [0.2, 0.25) is 0 Å². The van der Waals surface area contributed by atoms with E-state index in [2.05, 4.69) is 9.84 Å². The van der Waals surface area contributed by atoms with Gasteiger partial charge in [-0.3, -0.25) is 4.79 Å². The van der Waals surface area contributed by atoms with Gasteiger partial charge in [0, 0.05) is 7.05 Å². The third-order valence-electron chi connectivity index (χ3n) is 2.36. The van der Waals surface area contributed by atoms with Crippen LogP contribution < -0.4 is 4.74 Å². The van der Waals surface area contributed by atoms with Gasteiger partial charge in [-0.15, -0.1) is 0 Å². The lowest BCUT2D eigenvalue weighted by atomic mass is 10.1. The number of ether oxygens (including phenoxy) is 1. The number of hydrogen-bond acceptors (Lipinski definition) is 3. The van der Waals surface area contributed by atoms with E-state index in [1.165, 1.54) is 17.1 Å². The molecule has 2 rings (SSSR count). The highest BCUT2D eigenvalue weighted by molar-refractivity contribution is 6.13. The molecule has 0 bridgehead atoms. The van der Waals surface area contributed by atoms with Crippen LogP contribution >= 0.6 is 0 Å². The SMILES string of the molecule is CN1N=C(c2ccc(OC(F)F)cc2)CC1=O. The van der Waals surface area contributed by atoms with Crippen LogP contribution in [-0.4, -0.2) is 30.3 Å². The van der Waals surface area contributed by atoms with E-state index in [1.807, 2.05) is 0 Å². The first kappa shape index (κ1) is 11.5. The molecule has 1 aliphatic rings. The van der Waals surface area contributed by atoms with Gasteiger partial charge in [-0.1, -0.05) is 0 Å². The maximum absolute atomic E-state index is 11.9. The Labute approximate surface area is 96.5 Å². The number of benzene rings is 1. The first-order valence-corrected chi connectivity index (χ1v) is 4.95. The van der Waals surface area contributed by atoms with E-state index in [9.17, 15) is 13.6 Å². The van der Waals surface area contributed by atoms with Gasteiger partial charge < -0.3 is 4.74 Å². The molecule has 0 radical (unpaired) electrons. The van der Waals surface area contributed by atoms with Crippen LogP contribution in [0.3, 0.4) is 0 Å². The standard InChI is InChI=1S/C11H10F2N2O2/c1-15-10(16)6-9(14-15)7-2-4-8(5-3-7)17-11(12)13/h2-5,11H,6H2,1H3. The lowest BCUT2D eigenvalue weighted by Crippen LogP contribution is -2.14. The number of hydrazone groups is 1. The van der Waals surface area contributed by atoms with Gasteiger partial charge in [-0.05, 0) is 29.8 Å². The number of halogens is 2. The molecule has 0 spiro atoms. The number of rotatable bonds is 3. The van der Waals surface area contributed by atoms with Crippen molar-refractivity contribution < 1.29 is 18.3 Å². The molecule has 1 heterocycles. The average molecular weight is 240 g/mol. The third kappa shape index (κ3) is 2.58. The van der Waals surface area contributed by atoms with Crippen molar-refractivity contribution in [2.75, 3.05) is 7.05 Å². The Bertz CT molecular complexity index is 457. The molecule has 1 aromatic carbocycles. The van der Waals surface area contributed by atoms with E-state index >= 15 is 0 Å². The van der Waals surface area contributed by atoms with Gasteiger partial charge in [-0.25, -0.2) is 5.01 Å². The van der Waals surface area contributed by atoms with Crippen molar-refractivity contribution in [3.63, 3.8) is 0 Å². The maximum atomic E-state index is 11.9. The highest BCUT2D eigenvalue weighted by Gasteiger charge is 2.21. The van der Waals surface area contributed by atoms with Crippen LogP contribution in [0.4, 0.5) is 8.78 Å². The van der Waals surface area contributed by atoms with Gasteiger partial charge >= 0.3 is 6.61 Å². The first-order valence-electron chi connectivity index (χ1n) is 4.95. The number of carbonyl (C=O) groups excluding carboxylic acids is 1. The predicted molar refractivity (Wildman–Crippen MR) is 57.0 cm³/mol. The zero-order valence-corrected chi connectivity index (χ0v) is 9.06. The second-order valence-corrected chi connectivity index (χ2v) is 3.54. The molecular weight excluding hydrogens is 230 g/mol. The fourth-order valence-electron chi connectivity index (χ4n) is 1.52. The first-order chi connectivity index (χ1) is 8.06. The summed E-state index contributed by atoms with van der Waals surface area (Å²) in [5.41, 5.74) is 1.35. The Hall–Kier alpha value is -1.98. The molecule has 1 amide bonds. The molecule has 90 valence electrons. The third-order valence-corrected chi connectivity index (χ3v) is 2.36. The molecule has 17 heavy (non-hydrogen) atoms. The second kappa shape index (κ2) is 4.48. The summed E-state index contributed by atoms with van der Waals surface area (Å²) in [4.78, 5) is 11.3. The van der Waals surface area contributed by atoms with E-state index < -0.39 is 6.61 Å². The number of hydrogen-bond donors (Lipinski definition) is 0. The van der Waals surface area contributed by atoms with Gasteiger partial charge in [0.1, 0.15) is 5.75 Å². The Morgan fingerprint density at radius 3 is 2.47 bits per heavy atom. The predicted octanol–water partition coefficient (Wildman–Crippen LogP) is 1.85. The van der Waals surface area contributed by atoms with E-state index in [4.69, 9.17) is 0 Å². The largest absolute Gasteiger partial charge is 0.435 e. The van der Waals surface area contributed by atoms with Crippen LogP contribution in [0, 0.1) is 0 Å². The molecule has 6 heteroatoms. The molecule has 0 aromatic heterocycles. The molecule has 0 unspecified atom stereocenters. The van der Waals surface area contributed by atoms with E-state index in [1.54, 1.807) is 19.2 Å². The molecule has 1 aromatic rings. The second-order valence-electron chi connectivity index (χ2n) is 3.54. The smallest absolute Gasteiger partial charge is 0.387 e. The summed E-state index contributed by atoms with van der Waals surface area (Å²) in [5.74, 6) is -0.00469. The van der Waals surface area contributed by atoms with Crippen molar-refractivity contribution in [3.8, 4) is 5.75 Å². The van der Waals surface area contributed by atoms with Gasteiger partial charge in [0.25, 0.3) is 0 Å². The molecular formula is C11H10F2N2O2. The molecule has 0 aliphatic carbocycles. The van der Waals surface area contributed by atoms with E-state index in [0.29, 0.717) is 5.71 Å². The van der Waals surface area contributed by atoms with Gasteiger partial charge in [0.15, 0.2) is 0 Å². The van der Waals surface area contributed by atoms with Crippen LogP contribution in [0.25, 0.3) is 0 Å². The molecule has 0 N–H and O–H groups in total. The molecule has 0 atom stereocenters. The number of carbonyl (C=O) groups is 1. The average Bonchev–Trinajstić information content (AvgIpc) is 2.59. The lowest BCUT2D eigenvalue weighted by Gasteiger charge is -2.04. The topological polar surface area (TPSA) is 41.9 Å². The van der Waals surface area contributed by atoms with Crippen molar-refractivity contribution in [2.45, 2.75) is 13.0 Å². The van der Waals surface area contributed by atoms with Gasteiger partial charge in [0.05, 0.1) is 12.1 Å². The summed E-state index contributed by atoms with van der Waals surface area (Å²) in [6.45, 7) is -2.84. The minimum atomic E-state index is -2.84. The minimum absolute atomic E-state index is 0.0852. The number of amides is 1. The van der Waals surface area contributed by atoms with Crippen LogP contribution in [0.15, 0.2) is 29.4 Å². The maximum Gasteiger partial charge on any atom is 0.387 e. The van der Waals surface area contributed by atoms with Crippen molar-refractivity contribution in [2.24, 2.45) is 5.10 Å². The zero-order valence-electron chi connectivity index (χ0n) is 9.06. The highest BCUT2D eigenvalue weighted by atomic mass is 19.3. The van der Waals surface area contributed by atoms with Crippen LogP contribution in [0.1, 0.15) is 12.0 Å². The van der Waals surface area contributed by atoms with Crippen molar-refractivity contribution in [3.05, 3.63) is 29.8 Å². The van der Waals surface area contributed by atoms with Crippen molar-refractivity contribution in [1.82, 2.24) is 5.01 Å². The molecule has 4 nitrogen and oxygen atoms in total. The molecule has 1 aliphatic heterocycles. The zero-order chi connectivity index (χ0) is 12.4. The number of nitrogens with zero attached hydrogens (tertiary/aromatic N) is 2. The highest BCUT2D eigenvalue weighted by Crippen LogP contribution is 2.18. The monoisotopic (exact) mass is 240 g/mol. The van der Waals surface area contributed by atoms with Crippen molar-refractivity contribution >= 4 is 11.6 Å². The Kier molecular flexibility index (Phi) is 3.03. The summed E-state index contributed by atoms with van der Waals surface area (Å²) >= 11 is 0. The Morgan fingerprint density at radius 2 is 2.00 bits per heavy atom. The fraction of sp³-hybridized carbons (Fsp3) is 0.273. The van der Waals surface area contributed by atoms with E-state index in [0.717, 1.165) is 5.56 Å². The van der Waals surface area contributed by atoms with Gasteiger partial charge in [0.2, 0.25) is 5.91 Å². The summed E-state index contributed by atoms with van der Waals surface area (Å²) in [7, 11) is 1.57. The van der Waals surface area contributed by atoms with Crippen LogP contribution in [0.5, 0.6) is 5.75 Å². The minimum Gasteiger partial charge on any atom is -0.435 e. The Balaban J connectivity index is 2.14. The van der Waals surface area contributed by atoms with Gasteiger partial charge in [-0.2, -0.15) is 13.9 Å². The Morgan fingerprint density at radius 1 is 1.35 bits per heavy atom. The normalized spacial score (nSPS) is 15.4.